The second-order valence-electron chi connectivity index (χ2n) is 5.59. The van der Waals surface area contributed by atoms with Crippen molar-refractivity contribution in [2.24, 2.45) is 0 Å². The number of aryl methyl sites for hydroxylation is 1. The van der Waals surface area contributed by atoms with Crippen LogP contribution < -0.4 is 5.32 Å². The van der Waals surface area contributed by atoms with E-state index in [2.05, 4.69) is 20.4 Å². The minimum absolute atomic E-state index is 0.141. The SMILES string of the molecule is C[C@H](NC(=O)CCc1nc(-c2cccnc2)no1)c1ccc(F)cc1. The molecular formula is C18H17FN4O2. The van der Waals surface area contributed by atoms with Crippen LogP contribution in [0, 0.1) is 5.82 Å². The second-order valence-corrected chi connectivity index (χ2v) is 5.59. The molecule has 0 radical (unpaired) electrons. The van der Waals surface area contributed by atoms with Crippen molar-refractivity contribution in [2.75, 3.05) is 0 Å². The second kappa shape index (κ2) is 7.65. The molecule has 0 saturated heterocycles. The van der Waals surface area contributed by atoms with Gasteiger partial charge in [-0.1, -0.05) is 17.3 Å². The van der Waals surface area contributed by atoms with Crippen molar-refractivity contribution in [3.63, 3.8) is 0 Å². The van der Waals surface area contributed by atoms with E-state index in [1.54, 1.807) is 30.6 Å². The molecular weight excluding hydrogens is 323 g/mol. The van der Waals surface area contributed by atoms with E-state index in [0.29, 0.717) is 18.1 Å². The fraction of sp³-hybridized carbons (Fsp3) is 0.222. The van der Waals surface area contributed by atoms with Crippen LogP contribution in [0.4, 0.5) is 4.39 Å². The van der Waals surface area contributed by atoms with Crippen LogP contribution in [0.25, 0.3) is 11.4 Å². The minimum atomic E-state index is -0.303. The topological polar surface area (TPSA) is 80.9 Å². The van der Waals surface area contributed by atoms with E-state index in [9.17, 15) is 9.18 Å². The van der Waals surface area contributed by atoms with Gasteiger partial charge in [-0.2, -0.15) is 4.98 Å². The Balaban J connectivity index is 1.52. The van der Waals surface area contributed by atoms with Crippen molar-refractivity contribution in [1.82, 2.24) is 20.4 Å². The minimum Gasteiger partial charge on any atom is -0.350 e. The van der Waals surface area contributed by atoms with Gasteiger partial charge in [-0.3, -0.25) is 9.78 Å². The zero-order valence-electron chi connectivity index (χ0n) is 13.6. The molecule has 1 N–H and O–H groups in total. The molecule has 1 amide bonds. The molecule has 7 heteroatoms. The average Bonchev–Trinajstić information content (AvgIpc) is 3.10. The third kappa shape index (κ3) is 4.47. The molecule has 0 saturated carbocycles. The molecule has 0 unspecified atom stereocenters. The van der Waals surface area contributed by atoms with Crippen LogP contribution in [0.2, 0.25) is 0 Å². The standard InChI is InChI=1S/C18H17FN4O2/c1-12(13-4-6-15(19)7-5-13)21-16(24)8-9-17-22-18(23-25-17)14-3-2-10-20-11-14/h2-7,10-12H,8-9H2,1H3,(H,21,24)/t12-/m0/s1. The number of hydrogen-bond donors (Lipinski definition) is 1. The Bertz CT molecular complexity index is 834. The third-order valence-electron chi connectivity index (χ3n) is 3.70. The number of amides is 1. The van der Waals surface area contributed by atoms with Crippen LogP contribution in [0.5, 0.6) is 0 Å². The van der Waals surface area contributed by atoms with Crippen LogP contribution in [-0.4, -0.2) is 21.0 Å². The van der Waals surface area contributed by atoms with E-state index in [4.69, 9.17) is 4.52 Å². The lowest BCUT2D eigenvalue weighted by Gasteiger charge is -2.13. The van der Waals surface area contributed by atoms with Gasteiger partial charge in [-0.15, -0.1) is 0 Å². The first kappa shape index (κ1) is 16.8. The molecule has 1 atom stereocenters. The summed E-state index contributed by atoms with van der Waals surface area (Å²) in [5.41, 5.74) is 1.60. The van der Waals surface area contributed by atoms with Gasteiger partial charge in [0.2, 0.25) is 17.6 Å². The van der Waals surface area contributed by atoms with E-state index in [-0.39, 0.29) is 24.2 Å². The highest BCUT2D eigenvalue weighted by atomic mass is 19.1. The summed E-state index contributed by atoms with van der Waals surface area (Å²) in [5, 5.41) is 6.75. The molecule has 2 heterocycles. The van der Waals surface area contributed by atoms with E-state index in [1.807, 2.05) is 13.0 Å². The number of carbonyl (C=O) groups excluding carboxylic acids is 1. The monoisotopic (exact) mass is 340 g/mol. The normalized spacial score (nSPS) is 11.9. The van der Waals surface area contributed by atoms with Gasteiger partial charge in [0.1, 0.15) is 5.82 Å². The molecule has 128 valence electrons. The Morgan fingerprint density at radius 2 is 2.08 bits per heavy atom. The fourth-order valence-electron chi connectivity index (χ4n) is 2.34. The molecule has 0 bridgehead atoms. The summed E-state index contributed by atoms with van der Waals surface area (Å²) in [6, 6.07) is 9.46. The van der Waals surface area contributed by atoms with Crippen LogP contribution in [-0.2, 0) is 11.2 Å². The maximum atomic E-state index is 12.9. The summed E-state index contributed by atoms with van der Waals surface area (Å²) in [7, 11) is 0. The van der Waals surface area contributed by atoms with Crippen molar-refractivity contribution in [1.29, 1.82) is 0 Å². The predicted octanol–water partition coefficient (Wildman–Crippen LogP) is 3.08. The molecule has 0 aliphatic rings. The molecule has 3 aromatic rings. The molecule has 2 aromatic heterocycles. The first-order valence-electron chi connectivity index (χ1n) is 7.89. The Morgan fingerprint density at radius 1 is 1.28 bits per heavy atom. The number of nitrogens with zero attached hydrogens (tertiary/aromatic N) is 3. The van der Waals surface area contributed by atoms with Gasteiger partial charge in [-0.05, 0) is 36.8 Å². The third-order valence-corrected chi connectivity index (χ3v) is 3.70. The average molecular weight is 340 g/mol. The smallest absolute Gasteiger partial charge is 0.227 e. The lowest BCUT2D eigenvalue weighted by molar-refractivity contribution is -0.121. The Hall–Kier alpha value is -3.09. The molecule has 0 spiro atoms. The molecule has 0 aliphatic carbocycles. The Labute approximate surface area is 144 Å². The van der Waals surface area contributed by atoms with Gasteiger partial charge in [-0.25, -0.2) is 4.39 Å². The quantitative estimate of drug-likeness (QED) is 0.746. The van der Waals surface area contributed by atoms with Gasteiger partial charge < -0.3 is 9.84 Å². The summed E-state index contributed by atoms with van der Waals surface area (Å²) in [6.07, 6.45) is 3.87. The molecule has 0 fully saturated rings. The number of hydrogen-bond acceptors (Lipinski definition) is 5. The number of aromatic nitrogens is 3. The number of nitrogens with one attached hydrogen (secondary N) is 1. The maximum Gasteiger partial charge on any atom is 0.227 e. The Morgan fingerprint density at radius 3 is 2.80 bits per heavy atom. The largest absolute Gasteiger partial charge is 0.350 e. The number of pyridine rings is 1. The van der Waals surface area contributed by atoms with Gasteiger partial charge in [0.05, 0.1) is 6.04 Å². The summed E-state index contributed by atoms with van der Waals surface area (Å²) < 4.78 is 18.1. The van der Waals surface area contributed by atoms with Gasteiger partial charge in [0.15, 0.2) is 0 Å². The van der Waals surface area contributed by atoms with Gasteiger partial charge in [0.25, 0.3) is 0 Å². The highest BCUT2D eigenvalue weighted by Gasteiger charge is 2.13. The first-order chi connectivity index (χ1) is 12.1. The Kier molecular flexibility index (Phi) is 5.13. The molecule has 0 aliphatic heterocycles. The molecule has 6 nitrogen and oxygen atoms in total. The summed E-state index contributed by atoms with van der Waals surface area (Å²) in [5.74, 6) is 0.396. The predicted molar refractivity (Wildman–Crippen MR) is 88.8 cm³/mol. The van der Waals surface area contributed by atoms with Crippen molar-refractivity contribution in [2.45, 2.75) is 25.8 Å². The van der Waals surface area contributed by atoms with Crippen molar-refractivity contribution < 1.29 is 13.7 Å². The number of halogens is 1. The highest BCUT2D eigenvalue weighted by molar-refractivity contribution is 5.76. The molecule has 3 rings (SSSR count). The lowest BCUT2D eigenvalue weighted by Crippen LogP contribution is -2.26. The molecule has 1 aromatic carbocycles. The van der Waals surface area contributed by atoms with Crippen molar-refractivity contribution >= 4 is 5.91 Å². The van der Waals surface area contributed by atoms with Crippen LogP contribution in [0.1, 0.15) is 30.8 Å². The fourth-order valence-corrected chi connectivity index (χ4v) is 2.34. The number of carbonyl (C=O) groups is 1. The first-order valence-corrected chi connectivity index (χ1v) is 7.89. The summed E-state index contributed by atoms with van der Waals surface area (Å²) in [6.45, 7) is 1.85. The zero-order valence-corrected chi connectivity index (χ0v) is 13.6. The van der Waals surface area contributed by atoms with E-state index in [1.165, 1.54) is 12.1 Å². The lowest BCUT2D eigenvalue weighted by atomic mass is 10.1. The number of rotatable bonds is 6. The van der Waals surface area contributed by atoms with Crippen LogP contribution in [0.3, 0.4) is 0 Å². The maximum absolute atomic E-state index is 12.9. The van der Waals surface area contributed by atoms with E-state index >= 15 is 0 Å². The molecule has 25 heavy (non-hydrogen) atoms. The summed E-state index contributed by atoms with van der Waals surface area (Å²) in [4.78, 5) is 20.3. The van der Waals surface area contributed by atoms with Crippen molar-refractivity contribution in [3.05, 3.63) is 66.1 Å². The van der Waals surface area contributed by atoms with Gasteiger partial charge in [0, 0.05) is 30.8 Å². The van der Waals surface area contributed by atoms with Crippen molar-refractivity contribution in [3.8, 4) is 11.4 Å². The number of benzene rings is 1. The van der Waals surface area contributed by atoms with Crippen LogP contribution >= 0.6 is 0 Å². The summed E-state index contributed by atoms with van der Waals surface area (Å²) >= 11 is 0. The van der Waals surface area contributed by atoms with E-state index in [0.717, 1.165) is 11.1 Å². The van der Waals surface area contributed by atoms with Crippen LogP contribution in [0.15, 0.2) is 53.3 Å². The van der Waals surface area contributed by atoms with E-state index < -0.39 is 0 Å². The highest BCUT2D eigenvalue weighted by Crippen LogP contribution is 2.15. The zero-order chi connectivity index (χ0) is 17.6. The van der Waals surface area contributed by atoms with Gasteiger partial charge >= 0.3 is 0 Å².